The molecule has 1 aromatic heterocycles. The minimum Gasteiger partial charge on any atom is -0.268 e. The third-order valence-electron chi connectivity index (χ3n) is 4.26. The van der Waals surface area contributed by atoms with E-state index in [4.69, 9.17) is 0 Å². The van der Waals surface area contributed by atoms with Crippen molar-refractivity contribution in [2.45, 2.75) is 13.8 Å². The van der Waals surface area contributed by atoms with E-state index in [0.29, 0.717) is 11.2 Å². The summed E-state index contributed by atoms with van der Waals surface area (Å²) in [4.78, 5) is 17.6. The molecule has 0 aliphatic rings. The van der Waals surface area contributed by atoms with Crippen molar-refractivity contribution in [1.82, 2.24) is 9.55 Å². The largest absolute Gasteiger partial charge is 0.268 e. The maximum absolute atomic E-state index is 13.0. The Morgan fingerprint density at radius 2 is 1.65 bits per heavy atom. The summed E-state index contributed by atoms with van der Waals surface area (Å²) in [5, 5.41) is 2.93. The second-order valence-corrected chi connectivity index (χ2v) is 5.80. The van der Waals surface area contributed by atoms with Gasteiger partial charge < -0.3 is 0 Å². The Morgan fingerprint density at radius 3 is 2.48 bits per heavy atom. The molecule has 0 fully saturated rings. The molecule has 4 rings (SSSR count). The van der Waals surface area contributed by atoms with E-state index in [-0.39, 0.29) is 5.56 Å². The van der Waals surface area contributed by atoms with Crippen molar-refractivity contribution in [1.29, 1.82) is 0 Å². The van der Waals surface area contributed by atoms with Crippen molar-refractivity contribution in [2.75, 3.05) is 0 Å². The quantitative estimate of drug-likeness (QED) is 0.529. The summed E-state index contributed by atoms with van der Waals surface area (Å²) >= 11 is 0. The second-order valence-electron chi connectivity index (χ2n) is 5.80. The molecule has 23 heavy (non-hydrogen) atoms. The summed E-state index contributed by atoms with van der Waals surface area (Å²) in [7, 11) is 0. The molecule has 3 aromatic carbocycles. The van der Waals surface area contributed by atoms with Crippen molar-refractivity contribution in [2.24, 2.45) is 0 Å². The SMILES string of the molecule is Cc1cccc2c(=O)n(-c3ccc4ccccc4c3)c(C)nc12. The van der Waals surface area contributed by atoms with Crippen LogP contribution in [0.2, 0.25) is 0 Å². The maximum Gasteiger partial charge on any atom is 0.265 e. The van der Waals surface area contributed by atoms with Gasteiger partial charge in [0.1, 0.15) is 5.82 Å². The predicted molar refractivity (Wildman–Crippen MR) is 94.3 cm³/mol. The predicted octanol–water partition coefficient (Wildman–Crippen LogP) is 4.16. The molecule has 0 aliphatic heterocycles. The fraction of sp³-hybridized carbons (Fsp3) is 0.100. The van der Waals surface area contributed by atoms with Crippen molar-refractivity contribution in [3.63, 3.8) is 0 Å². The number of para-hydroxylation sites is 1. The summed E-state index contributed by atoms with van der Waals surface area (Å²) in [6.07, 6.45) is 0. The fourth-order valence-electron chi connectivity index (χ4n) is 3.08. The zero-order chi connectivity index (χ0) is 16.0. The highest BCUT2D eigenvalue weighted by molar-refractivity contribution is 5.85. The normalized spacial score (nSPS) is 11.2. The van der Waals surface area contributed by atoms with E-state index in [1.165, 1.54) is 0 Å². The number of fused-ring (bicyclic) bond motifs is 2. The number of hydrogen-bond acceptors (Lipinski definition) is 2. The first-order chi connectivity index (χ1) is 11.1. The van der Waals surface area contributed by atoms with E-state index >= 15 is 0 Å². The Morgan fingerprint density at radius 1 is 0.870 bits per heavy atom. The number of hydrogen-bond donors (Lipinski definition) is 0. The molecule has 0 N–H and O–H groups in total. The summed E-state index contributed by atoms with van der Waals surface area (Å²) in [6, 6.07) is 19.9. The molecule has 0 saturated heterocycles. The number of aromatic nitrogens is 2. The number of aryl methyl sites for hydroxylation is 2. The van der Waals surface area contributed by atoms with Gasteiger partial charge in [0.15, 0.2) is 0 Å². The van der Waals surface area contributed by atoms with Crippen LogP contribution in [0.3, 0.4) is 0 Å². The third kappa shape index (κ3) is 2.13. The van der Waals surface area contributed by atoms with Crippen LogP contribution in [0.1, 0.15) is 11.4 Å². The van der Waals surface area contributed by atoms with E-state index in [1.807, 2.05) is 62.4 Å². The molecule has 0 bridgehead atoms. The average Bonchev–Trinajstić information content (AvgIpc) is 2.56. The maximum atomic E-state index is 13.0. The molecular weight excluding hydrogens is 284 g/mol. The smallest absolute Gasteiger partial charge is 0.265 e. The van der Waals surface area contributed by atoms with Crippen molar-refractivity contribution in [3.8, 4) is 5.69 Å². The van der Waals surface area contributed by atoms with Gasteiger partial charge in [-0.3, -0.25) is 9.36 Å². The molecule has 0 unspecified atom stereocenters. The van der Waals surface area contributed by atoms with Crippen molar-refractivity contribution < 1.29 is 0 Å². The molecule has 1 heterocycles. The van der Waals surface area contributed by atoms with Gasteiger partial charge in [0.05, 0.1) is 16.6 Å². The molecule has 0 atom stereocenters. The van der Waals surface area contributed by atoms with E-state index in [1.54, 1.807) is 4.57 Å². The van der Waals surface area contributed by atoms with Crippen LogP contribution >= 0.6 is 0 Å². The molecule has 112 valence electrons. The average molecular weight is 300 g/mol. The van der Waals surface area contributed by atoms with E-state index < -0.39 is 0 Å². The topological polar surface area (TPSA) is 34.9 Å². The summed E-state index contributed by atoms with van der Waals surface area (Å²) < 4.78 is 1.69. The van der Waals surface area contributed by atoms with Crippen LogP contribution in [0.15, 0.2) is 65.5 Å². The van der Waals surface area contributed by atoms with Crippen LogP contribution in [0.25, 0.3) is 27.4 Å². The van der Waals surface area contributed by atoms with E-state index in [2.05, 4.69) is 17.1 Å². The van der Waals surface area contributed by atoms with Crippen LogP contribution in [0.4, 0.5) is 0 Å². The van der Waals surface area contributed by atoms with Crippen LogP contribution in [0, 0.1) is 13.8 Å². The lowest BCUT2D eigenvalue weighted by Crippen LogP contribution is -2.22. The van der Waals surface area contributed by atoms with Crippen molar-refractivity contribution in [3.05, 3.63) is 82.4 Å². The Bertz CT molecular complexity index is 1110. The minimum absolute atomic E-state index is 0.0218. The first kappa shape index (κ1) is 13.7. The third-order valence-corrected chi connectivity index (χ3v) is 4.26. The van der Waals surface area contributed by atoms with Gasteiger partial charge >= 0.3 is 0 Å². The standard InChI is InChI=1S/C20H16N2O/c1-13-6-5-9-18-19(13)21-14(2)22(20(18)23)17-11-10-15-7-3-4-8-16(15)12-17/h3-12H,1-2H3. The van der Waals surface area contributed by atoms with Crippen LogP contribution < -0.4 is 5.56 Å². The number of rotatable bonds is 1. The number of nitrogens with zero attached hydrogens (tertiary/aromatic N) is 2. The van der Waals surface area contributed by atoms with Crippen molar-refractivity contribution >= 4 is 21.7 Å². The Balaban J connectivity index is 2.06. The molecule has 0 aliphatic carbocycles. The minimum atomic E-state index is -0.0218. The molecular formula is C20H16N2O. The van der Waals surface area contributed by atoms with Gasteiger partial charge in [0, 0.05) is 0 Å². The van der Waals surface area contributed by atoms with Crippen LogP contribution in [0.5, 0.6) is 0 Å². The van der Waals surface area contributed by atoms with Gasteiger partial charge in [0.2, 0.25) is 0 Å². The zero-order valence-electron chi connectivity index (χ0n) is 13.1. The van der Waals surface area contributed by atoms with Gasteiger partial charge in [-0.15, -0.1) is 0 Å². The summed E-state index contributed by atoms with van der Waals surface area (Å²) in [5.74, 6) is 0.701. The lowest BCUT2D eigenvalue weighted by atomic mass is 10.1. The van der Waals surface area contributed by atoms with Crippen LogP contribution in [-0.2, 0) is 0 Å². The van der Waals surface area contributed by atoms with Gasteiger partial charge in [0.25, 0.3) is 5.56 Å². The highest BCUT2D eigenvalue weighted by atomic mass is 16.1. The van der Waals surface area contributed by atoms with Gasteiger partial charge in [-0.1, -0.05) is 42.5 Å². The second kappa shape index (κ2) is 5.06. The highest BCUT2D eigenvalue weighted by Gasteiger charge is 2.11. The highest BCUT2D eigenvalue weighted by Crippen LogP contribution is 2.20. The summed E-state index contributed by atoms with van der Waals surface area (Å²) in [6.45, 7) is 3.86. The van der Waals surface area contributed by atoms with E-state index in [9.17, 15) is 4.79 Å². The molecule has 0 radical (unpaired) electrons. The Kier molecular flexibility index (Phi) is 3.01. The Hall–Kier alpha value is -2.94. The molecule has 4 aromatic rings. The van der Waals surface area contributed by atoms with Gasteiger partial charge in [-0.2, -0.15) is 0 Å². The molecule has 0 saturated carbocycles. The summed E-state index contributed by atoms with van der Waals surface area (Å²) in [5.41, 5.74) is 2.63. The first-order valence-corrected chi connectivity index (χ1v) is 7.63. The van der Waals surface area contributed by atoms with Gasteiger partial charge in [-0.25, -0.2) is 4.98 Å². The zero-order valence-corrected chi connectivity index (χ0v) is 13.1. The fourth-order valence-corrected chi connectivity index (χ4v) is 3.08. The lowest BCUT2D eigenvalue weighted by Gasteiger charge is -2.12. The first-order valence-electron chi connectivity index (χ1n) is 7.63. The Labute approximate surface area is 133 Å². The lowest BCUT2D eigenvalue weighted by molar-refractivity contribution is 0.895. The molecule has 3 nitrogen and oxygen atoms in total. The monoisotopic (exact) mass is 300 g/mol. The molecule has 3 heteroatoms. The number of benzene rings is 3. The molecule has 0 spiro atoms. The van der Waals surface area contributed by atoms with Crippen LogP contribution in [-0.4, -0.2) is 9.55 Å². The molecule has 0 amide bonds. The van der Waals surface area contributed by atoms with E-state index in [0.717, 1.165) is 27.5 Å². The van der Waals surface area contributed by atoms with Gasteiger partial charge in [-0.05, 0) is 48.4 Å².